The van der Waals surface area contributed by atoms with Crippen molar-refractivity contribution in [3.63, 3.8) is 0 Å². The van der Waals surface area contributed by atoms with Crippen LogP contribution in [-0.4, -0.2) is 22.8 Å². The van der Waals surface area contributed by atoms with Crippen molar-refractivity contribution in [1.82, 2.24) is 0 Å². The van der Waals surface area contributed by atoms with Gasteiger partial charge in [-0.25, -0.2) is 0 Å². The molecule has 1 aromatic rings. The van der Waals surface area contributed by atoms with Crippen LogP contribution in [0.2, 0.25) is 0 Å². The molecule has 0 atom stereocenters. The zero-order valence-corrected chi connectivity index (χ0v) is 11.3. The van der Waals surface area contributed by atoms with Gasteiger partial charge in [-0.05, 0) is 31.9 Å². The fraction of sp³-hybridized carbons (Fsp3) is 0.400. The smallest absolute Gasteiger partial charge is 0.310 e. The lowest BCUT2D eigenvalue weighted by Gasteiger charge is -2.36. The van der Waals surface area contributed by atoms with E-state index in [9.17, 15) is 19.5 Å². The first-order chi connectivity index (χ1) is 9.43. The van der Waals surface area contributed by atoms with E-state index in [-0.39, 0.29) is 18.1 Å². The summed E-state index contributed by atoms with van der Waals surface area (Å²) in [5, 5.41) is 11.9. The van der Waals surface area contributed by atoms with Gasteiger partial charge in [0.05, 0.1) is 5.41 Å². The van der Waals surface area contributed by atoms with E-state index in [1.54, 1.807) is 24.3 Å². The Morgan fingerprint density at radius 1 is 1.30 bits per heavy atom. The number of nitrogens with one attached hydrogen (secondary N) is 1. The van der Waals surface area contributed by atoms with E-state index in [4.69, 9.17) is 0 Å². The molecule has 0 heterocycles. The van der Waals surface area contributed by atoms with Gasteiger partial charge < -0.3 is 10.4 Å². The first-order valence-corrected chi connectivity index (χ1v) is 6.57. The fourth-order valence-corrected chi connectivity index (χ4v) is 2.40. The van der Waals surface area contributed by atoms with Crippen LogP contribution in [0.25, 0.3) is 0 Å². The monoisotopic (exact) mass is 275 g/mol. The Kier molecular flexibility index (Phi) is 3.88. The normalized spacial score (nSPS) is 16.1. The van der Waals surface area contributed by atoms with Crippen molar-refractivity contribution < 1.29 is 19.5 Å². The van der Waals surface area contributed by atoms with Crippen molar-refractivity contribution in [1.29, 1.82) is 0 Å². The Bertz CT molecular complexity index is 561. The second-order valence-corrected chi connectivity index (χ2v) is 5.30. The Morgan fingerprint density at radius 2 is 2.00 bits per heavy atom. The molecule has 0 saturated heterocycles. The van der Waals surface area contributed by atoms with Crippen molar-refractivity contribution in [2.45, 2.75) is 32.6 Å². The largest absolute Gasteiger partial charge is 0.481 e. The van der Waals surface area contributed by atoms with Gasteiger partial charge in [-0.15, -0.1) is 0 Å². The number of hydrogen-bond donors (Lipinski definition) is 2. The third-order valence-electron chi connectivity index (χ3n) is 3.82. The molecule has 2 N–H and O–H groups in total. The number of carboxylic acid groups (broad SMARTS) is 1. The topological polar surface area (TPSA) is 83.5 Å². The molecule has 0 radical (unpaired) electrons. The number of Topliss-reactive ketones (excluding diaryl/α,β-unsaturated/α-hetero) is 1. The summed E-state index contributed by atoms with van der Waals surface area (Å²) in [6.07, 6.45) is 1.92. The lowest BCUT2D eigenvalue weighted by Crippen LogP contribution is -2.41. The number of benzene rings is 1. The minimum atomic E-state index is -0.906. The SMILES string of the molecule is CC(=O)c1cccc(NC(=O)CC2(C(=O)O)CCC2)c1. The third kappa shape index (κ3) is 2.87. The van der Waals surface area contributed by atoms with E-state index in [0.29, 0.717) is 24.1 Å². The molecule has 0 bridgehead atoms. The number of carboxylic acids is 1. The molecule has 1 aliphatic rings. The molecule has 5 nitrogen and oxygen atoms in total. The van der Waals surface area contributed by atoms with Gasteiger partial charge in [-0.3, -0.25) is 14.4 Å². The summed E-state index contributed by atoms with van der Waals surface area (Å²) in [7, 11) is 0. The predicted octanol–water partition coefficient (Wildman–Crippen LogP) is 2.47. The summed E-state index contributed by atoms with van der Waals surface area (Å²) in [6, 6.07) is 6.62. The lowest BCUT2D eigenvalue weighted by atomic mass is 9.66. The van der Waals surface area contributed by atoms with Crippen LogP contribution in [-0.2, 0) is 9.59 Å². The van der Waals surface area contributed by atoms with E-state index >= 15 is 0 Å². The van der Waals surface area contributed by atoms with Crippen LogP contribution in [0.3, 0.4) is 0 Å². The fourth-order valence-electron chi connectivity index (χ4n) is 2.40. The van der Waals surface area contributed by atoms with Crippen LogP contribution in [0, 0.1) is 5.41 Å². The predicted molar refractivity (Wildman–Crippen MR) is 73.6 cm³/mol. The van der Waals surface area contributed by atoms with Gasteiger partial charge >= 0.3 is 5.97 Å². The Hall–Kier alpha value is -2.17. The molecule has 1 aliphatic carbocycles. The summed E-state index contributed by atoms with van der Waals surface area (Å²) < 4.78 is 0. The molecule has 20 heavy (non-hydrogen) atoms. The minimum absolute atomic E-state index is 0.0212. The first kappa shape index (κ1) is 14.2. The molecule has 0 aliphatic heterocycles. The highest BCUT2D eigenvalue weighted by Crippen LogP contribution is 2.44. The summed E-state index contributed by atoms with van der Waals surface area (Å²) in [4.78, 5) is 34.4. The van der Waals surface area contributed by atoms with Gasteiger partial charge in [0.25, 0.3) is 0 Å². The standard InChI is InChI=1S/C15H17NO4/c1-10(17)11-4-2-5-12(8-11)16-13(18)9-15(14(19)20)6-3-7-15/h2,4-5,8H,3,6-7,9H2,1H3,(H,16,18)(H,19,20). The Balaban J connectivity index is 2.03. The number of amides is 1. The molecule has 0 spiro atoms. The molecule has 1 saturated carbocycles. The quantitative estimate of drug-likeness (QED) is 0.808. The molecule has 106 valence electrons. The van der Waals surface area contributed by atoms with Crippen molar-refractivity contribution in [3.05, 3.63) is 29.8 Å². The lowest BCUT2D eigenvalue weighted by molar-refractivity contribution is -0.157. The summed E-state index contributed by atoms with van der Waals surface area (Å²) in [5.41, 5.74) is 0.129. The van der Waals surface area contributed by atoms with Crippen LogP contribution in [0.1, 0.15) is 43.0 Å². The van der Waals surface area contributed by atoms with Crippen LogP contribution < -0.4 is 5.32 Å². The zero-order chi connectivity index (χ0) is 14.8. The van der Waals surface area contributed by atoms with Gasteiger partial charge in [0.15, 0.2) is 5.78 Å². The van der Waals surface area contributed by atoms with Gasteiger partial charge in [0.2, 0.25) is 5.91 Å². The number of ketones is 1. The van der Waals surface area contributed by atoms with Crippen molar-refractivity contribution in [2.24, 2.45) is 5.41 Å². The number of carbonyl (C=O) groups is 3. The first-order valence-electron chi connectivity index (χ1n) is 6.57. The van der Waals surface area contributed by atoms with Crippen LogP contribution >= 0.6 is 0 Å². The van der Waals surface area contributed by atoms with Gasteiger partial charge in [0.1, 0.15) is 0 Å². The van der Waals surface area contributed by atoms with Crippen molar-refractivity contribution in [3.8, 4) is 0 Å². The summed E-state index contributed by atoms with van der Waals surface area (Å²) in [5.74, 6) is -1.31. The highest BCUT2D eigenvalue weighted by molar-refractivity contribution is 5.98. The highest BCUT2D eigenvalue weighted by atomic mass is 16.4. The maximum atomic E-state index is 11.9. The average molecular weight is 275 g/mol. The number of rotatable bonds is 5. The van der Waals surface area contributed by atoms with Gasteiger partial charge in [-0.2, -0.15) is 0 Å². The highest BCUT2D eigenvalue weighted by Gasteiger charge is 2.45. The molecular formula is C15H17NO4. The average Bonchev–Trinajstić information content (AvgIpc) is 2.33. The maximum absolute atomic E-state index is 11.9. The van der Waals surface area contributed by atoms with Crippen molar-refractivity contribution in [2.75, 3.05) is 5.32 Å². The molecule has 2 rings (SSSR count). The van der Waals surface area contributed by atoms with Crippen molar-refractivity contribution >= 4 is 23.3 Å². The number of anilines is 1. The van der Waals surface area contributed by atoms with Crippen LogP contribution in [0.5, 0.6) is 0 Å². The molecule has 1 amide bonds. The zero-order valence-electron chi connectivity index (χ0n) is 11.3. The molecule has 0 aromatic heterocycles. The third-order valence-corrected chi connectivity index (χ3v) is 3.82. The molecular weight excluding hydrogens is 258 g/mol. The molecule has 5 heteroatoms. The number of aliphatic carboxylic acids is 1. The van der Waals surface area contributed by atoms with Gasteiger partial charge in [0, 0.05) is 17.7 Å². The second kappa shape index (κ2) is 5.45. The van der Waals surface area contributed by atoms with Gasteiger partial charge in [-0.1, -0.05) is 18.6 Å². The maximum Gasteiger partial charge on any atom is 0.310 e. The van der Waals surface area contributed by atoms with E-state index < -0.39 is 11.4 Å². The van der Waals surface area contributed by atoms with Crippen LogP contribution in [0.4, 0.5) is 5.69 Å². The minimum Gasteiger partial charge on any atom is -0.481 e. The van der Waals surface area contributed by atoms with E-state index in [1.807, 2.05) is 0 Å². The Labute approximate surface area is 117 Å². The molecule has 1 aromatic carbocycles. The Morgan fingerprint density at radius 3 is 2.50 bits per heavy atom. The van der Waals surface area contributed by atoms with E-state index in [2.05, 4.69) is 5.32 Å². The van der Waals surface area contributed by atoms with E-state index in [0.717, 1.165) is 6.42 Å². The van der Waals surface area contributed by atoms with E-state index in [1.165, 1.54) is 6.92 Å². The number of hydrogen-bond acceptors (Lipinski definition) is 3. The second-order valence-electron chi connectivity index (χ2n) is 5.30. The molecule has 1 fully saturated rings. The number of carbonyl (C=O) groups excluding carboxylic acids is 2. The molecule has 0 unspecified atom stereocenters. The summed E-state index contributed by atoms with van der Waals surface area (Å²) in [6.45, 7) is 1.45. The van der Waals surface area contributed by atoms with Crippen LogP contribution in [0.15, 0.2) is 24.3 Å². The summed E-state index contributed by atoms with van der Waals surface area (Å²) >= 11 is 0.